The van der Waals surface area contributed by atoms with Crippen LogP contribution in [0.1, 0.15) is 24.1 Å². The summed E-state index contributed by atoms with van der Waals surface area (Å²) in [6.07, 6.45) is 0.783. The van der Waals surface area contributed by atoms with E-state index < -0.39 is 72.6 Å². The van der Waals surface area contributed by atoms with Gasteiger partial charge in [0.15, 0.2) is 0 Å². The molecule has 16 heteroatoms. The normalized spacial score (nSPS) is 13.8. The number of aromatic nitrogens is 2. The summed E-state index contributed by atoms with van der Waals surface area (Å²) in [7, 11) is 0. The van der Waals surface area contributed by atoms with Crippen molar-refractivity contribution in [3.63, 3.8) is 0 Å². The van der Waals surface area contributed by atoms with E-state index in [2.05, 4.69) is 25.9 Å². The number of hydrogen-bond acceptors (Lipinski definition) is 9. The van der Waals surface area contributed by atoms with E-state index in [0.717, 1.165) is 0 Å². The summed E-state index contributed by atoms with van der Waals surface area (Å²) in [6.45, 7) is 0. The summed E-state index contributed by atoms with van der Waals surface area (Å²) in [5.74, 6) is -7.03. The number of carboxylic acids is 2. The highest BCUT2D eigenvalue weighted by molar-refractivity contribution is 5.97. The quantitative estimate of drug-likeness (QED) is 0.109. The molecular weight excluding hydrogens is 518 g/mol. The van der Waals surface area contributed by atoms with Crippen LogP contribution in [0.5, 0.6) is 5.75 Å². The highest BCUT2D eigenvalue weighted by Crippen LogP contribution is 2.11. The van der Waals surface area contributed by atoms with Crippen LogP contribution in [-0.4, -0.2) is 85.0 Å². The number of imidazole rings is 1. The summed E-state index contributed by atoms with van der Waals surface area (Å²) < 4.78 is 0. The smallest absolute Gasteiger partial charge is 0.326 e. The minimum Gasteiger partial charge on any atom is -0.508 e. The summed E-state index contributed by atoms with van der Waals surface area (Å²) in [5.41, 5.74) is 12.0. The molecule has 0 fully saturated rings. The van der Waals surface area contributed by atoms with Crippen LogP contribution in [0.15, 0.2) is 36.8 Å². The SMILES string of the molecule is NC(=O)CC(NC(=O)C(N)Cc1ccc(O)cc1)C(=O)NC(CC(=O)O)C(=O)NC(Cc1cnc[nH]1)C(=O)O. The lowest BCUT2D eigenvalue weighted by Crippen LogP contribution is -2.58. The molecule has 0 bridgehead atoms. The maximum Gasteiger partial charge on any atom is 0.326 e. The van der Waals surface area contributed by atoms with E-state index in [1.54, 1.807) is 0 Å². The first-order chi connectivity index (χ1) is 18.3. The lowest BCUT2D eigenvalue weighted by Gasteiger charge is -2.24. The molecule has 4 atom stereocenters. The summed E-state index contributed by atoms with van der Waals surface area (Å²) in [5, 5.41) is 34.6. The van der Waals surface area contributed by atoms with Crippen molar-refractivity contribution in [1.29, 1.82) is 0 Å². The zero-order valence-electron chi connectivity index (χ0n) is 20.5. The van der Waals surface area contributed by atoms with Gasteiger partial charge in [-0.3, -0.25) is 24.0 Å². The average Bonchev–Trinajstić information content (AvgIpc) is 3.36. The zero-order valence-corrected chi connectivity index (χ0v) is 20.5. The van der Waals surface area contributed by atoms with E-state index in [-0.39, 0.29) is 18.6 Å². The fraction of sp³-hybridized carbons (Fsp3) is 0.348. The number of benzene rings is 1. The third-order valence-corrected chi connectivity index (χ3v) is 5.37. The van der Waals surface area contributed by atoms with Gasteiger partial charge >= 0.3 is 11.9 Å². The van der Waals surface area contributed by atoms with Gasteiger partial charge in [-0.05, 0) is 24.1 Å². The van der Waals surface area contributed by atoms with Crippen LogP contribution < -0.4 is 27.4 Å². The molecule has 0 saturated heterocycles. The minimum atomic E-state index is -1.77. The van der Waals surface area contributed by atoms with Crippen LogP contribution >= 0.6 is 0 Å². The molecule has 39 heavy (non-hydrogen) atoms. The number of nitrogens with two attached hydrogens (primary N) is 2. The predicted octanol–water partition coefficient (Wildman–Crippen LogP) is -2.88. The largest absolute Gasteiger partial charge is 0.508 e. The van der Waals surface area contributed by atoms with E-state index in [1.807, 2.05) is 0 Å². The first kappa shape index (κ1) is 30.2. The van der Waals surface area contributed by atoms with Gasteiger partial charge in [-0.2, -0.15) is 0 Å². The van der Waals surface area contributed by atoms with Gasteiger partial charge in [0.25, 0.3) is 0 Å². The van der Waals surface area contributed by atoms with Gasteiger partial charge in [-0.15, -0.1) is 0 Å². The van der Waals surface area contributed by atoms with Crippen molar-refractivity contribution in [3.05, 3.63) is 48.0 Å². The lowest BCUT2D eigenvalue weighted by atomic mass is 10.0. The minimum absolute atomic E-state index is 0.00546. The molecule has 210 valence electrons. The van der Waals surface area contributed by atoms with Crippen molar-refractivity contribution in [2.24, 2.45) is 11.5 Å². The number of phenolic OH excluding ortho intramolecular Hbond substituents is 1. The lowest BCUT2D eigenvalue weighted by molar-refractivity contribution is -0.143. The molecule has 0 aliphatic carbocycles. The molecule has 2 aromatic rings. The number of rotatable bonds is 15. The number of aliphatic carboxylic acids is 2. The molecule has 4 amide bonds. The maximum absolute atomic E-state index is 12.9. The van der Waals surface area contributed by atoms with Crippen molar-refractivity contribution >= 4 is 35.6 Å². The van der Waals surface area contributed by atoms with Gasteiger partial charge < -0.3 is 47.7 Å². The fourth-order valence-corrected chi connectivity index (χ4v) is 3.41. The van der Waals surface area contributed by atoms with Gasteiger partial charge in [0.2, 0.25) is 23.6 Å². The molecule has 2 rings (SSSR count). The number of carboxylic acid groups (broad SMARTS) is 2. The first-order valence-electron chi connectivity index (χ1n) is 11.5. The molecule has 0 aliphatic rings. The highest BCUT2D eigenvalue weighted by atomic mass is 16.4. The molecule has 0 spiro atoms. The molecule has 1 heterocycles. The Balaban J connectivity index is 2.12. The second-order valence-electron chi connectivity index (χ2n) is 8.55. The van der Waals surface area contributed by atoms with Crippen LogP contribution in [0.4, 0.5) is 0 Å². The Labute approximate surface area is 221 Å². The third kappa shape index (κ3) is 10.1. The van der Waals surface area contributed by atoms with Crippen molar-refractivity contribution in [2.45, 2.75) is 49.9 Å². The van der Waals surface area contributed by atoms with Crippen molar-refractivity contribution < 1.29 is 44.1 Å². The number of nitrogens with zero attached hydrogens (tertiary/aromatic N) is 1. The molecule has 11 N–H and O–H groups in total. The topological polar surface area (TPSA) is 280 Å². The highest BCUT2D eigenvalue weighted by Gasteiger charge is 2.32. The van der Waals surface area contributed by atoms with E-state index in [1.165, 1.54) is 36.8 Å². The molecule has 0 aliphatic heterocycles. The number of primary amides is 1. The van der Waals surface area contributed by atoms with Crippen LogP contribution in [-0.2, 0) is 41.6 Å². The Morgan fingerprint density at radius 2 is 1.41 bits per heavy atom. The first-order valence-corrected chi connectivity index (χ1v) is 11.5. The van der Waals surface area contributed by atoms with Gasteiger partial charge in [0, 0.05) is 18.3 Å². The van der Waals surface area contributed by atoms with E-state index in [4.69, 9.17) is 11.5 Å². The van der Waals surface area contributed by atoms with E-state index in [0.29, 0.717) is 11.3 Å². The number of phenols is 1. The molecule has 1 aromatic carbocycles. The maximum atomic E-state index is 12.9. The van der Waals surface area contributed by atoms with Gasteiger partial charge in [0.1, 0.15) is 23.9 Å². The Hall–Kier alpha value is -4.99. The molecule has 1 aromatic heterocycles. The van der Waals surface area contributed by atoms with Crippen LogP contribution in [0.25, 0.3) is 0 Å². The number of carbonyl (C=O) groups is 6. The second-order valence-corrected chi connectivity index (χ2v) is 8.55. The second kappa shape index (κ2) is 14.1. The summed E-state index contributed by atoms with van der Waals surface area (Å²) >= 11 is 0. The molecule has 0 radical (unpaired) electrons. The number of aromatic amines is 1. The van der Waals surface area contributed by atoms with Crippen LogP contribution in [0.2, 0.25) is 0 Å². The Morgan fingerprint density at radius 3 is 1.92 bits per heavy atom. The average molecular weight is 548 g/mol. The number of H-pyrrole nitrogens is 1. The Kier molecular flexibility index (Phi) is 10.9. The fourth-order valence-electron chi connectivity index (χ4n) is 3.41. The molecule has 4 unspecified atom stereocenters. The summed E-state index contributed by atoms with van der Waals surface area (Å²) in [4.78, 5) is 79.2. The monoisotopic (exact) mass is 547 g/mol. The molecular formula is C23H29N7O9. The Bertz CT molecular complexity index is 1190. The van der Waals surface area contributed by atoms with Crippen LogP contribution in [0.3, 0.4) is 0 Å². The summed E-state index contributed by atoms with van der Waals surface area (Å²) in [6, 6.07) is -0.229. The standard InChI is InChI=1S/C23H29N7O9/c24-14(5-11-1-3-13(31)4-2-11)20(35)28-15(7-18(25)32)21(36)29-16(8-19(33)34)22(37)30-17(23(38)39)6-12-9-26-10-27-12/h1-4,9-10,14-17,31H,5-8,24H2,(H2,25,32)(H,26,27)(H,28,35)(H,29,36)(H,30,37)(H,33,34)(H,38,39). The zero-order chi connectivity index (χ0) is 29.1. The van der Waals surface area contributed by atoms with Crippen molar-refractivity contribution in [2.75, 3.05) is 0 Å². The van der Waals surface area contributed by atoms with Gasteiger partial charge in [-0.25, -0.2) is 9.78 Å². The number of amides is 4. The van der Waals surface area contributed by atoms with Crippen molar-refractivity contribution in [1.82, 2.24) is 25.9 Å². The molecule has 0 saturated carbocycles. The van der Waals surface area contributed by atoms with Gasteiger partial charge in [-0.1, -0.05) is 12.1 Å². The number of carbonyl (C=O) groups excluding carboxylic acids is 4. The number of hydrogen-bond donors (Lipinski definition) is 9. The molecule has 16 nitrogen and oxygen atoms in total. The number of nitrogens with one attached hydrogen (secondary N) is 4. The Morgan fingerprint density at radius 1 is 0.846 bits per heavy atom. The predicted molar refractivity (Wildman–Crippen MR) is 132 cm³/mol. The van der Waals surface area contributed by atoms with Crippen molar-refractivity contribution in [3.8, 4) is 5.75 Å². The van der Waals surface area contributed by atoms with E-state index >= 15 is 0 Å². The third-order valence-electron chi connectivity index (χ3n) is 5.37. The van der Waals surface area contributed by atoms with Crippen LogP contribution in [0, 0.1) is 0 Å². The van der Waals surface area contributed by atoms with E-state index in [9.17, 15) is 44.1 Å². The van der Waals surface area contributed by atoms with Gasteiger partial charge in [0.05, 0.1) is 25.2 Å². The number of aromatic hydroxyl groups is 1.